The van der Waals surface area contributed by atoms with Crippen LogP contribution in [0.15, 0.2) is 24.3 Å². The fraction of sp³-hybridized carbons (Fsp3) is 0.364. The molecule has 0 saturated heterocycles. The van der Waals surface area contributed by atoms with Crippen LogP contribution >= 0.6 is 0 Å². The molecule has 65 valence electrons. The summed E-state index contributed by atoms with van der Waals surface area (Å²) in [6.45, 7) is 7.19. The number of aryl methyl sites for hydroxylation is 1. The van der Waals surface area contributed by atoms with Gasteiger partial charge in [-0.15, -0.1) is 0 Å². The van der Waals surface area contributed by atoms with E-state index in [0.717, 1.165) is 0 Å². The van der Waals surface area contributed by atoms with Crippen molar-refractivity contribution in [1.29, 1.82) is 0 Å². The zero-order valence-electron chi connectivity index (χ0n) is 8.01. The monoisotopic (exact) mass is 237 g/mol. The van der Waals surface area contributed by atoms with Crippen LogP contribution in [-0.4, -0.2) is 0 Å². The van der Waals surface area contributed by atoms with Gasteiger partial charge in [0.15, 0.2) is 0 Å². The molecular weight excluding hydrogens is 221 g/mol. The van der Waals surface area contributed by atoms with Crippen LogP contribution in [0.4, 0.5) is 0 Å². The van der Waals surface area contributed by atoms with E-state index in [2.05, 4.69) is 32.0 Å². The Morgan fingerprint density at radius 2 is 1.75 bits per heavy atom. The maximum absolute atomic E-state index is 3.25. The molecule has 1 radical (unpaired) electrons. The van der Waals surface area contributed by atoms with E-state index in [1.165, 1.54) is 18.4 Å². The first-order valence-corrected chi connectivity index (χ1v) is 4.09. The summed E-state index contributed by atoms with van der Waals surface area (Å²) in [4.78, 5) is 0. The molecule has 0 atom stereocenters. The minimum absolute atomic E-state index is 0. The van der Waals surface area contributed by atoms with Crippen LogP contribution in [0.5, 0.6) is 0 Å². The van der Waals surface area contributed by atoms with Gasteiger partial charge in [0.25, 0.3) is 0 Å². The molecule has 0 unspecified atom stereocenters. The first-order valence-electron chi connectivity index (χ1n) is 4.09. The Kier molecular flexibility index (Phi) is 14.0. The van der Waals surface area contributed by atoms with Crippen LogP contribution in [0, 0.1) is 13.0 Å². The van der Waals surface area contributed by atoms with Gasteiger partial charge < -0.3 is 6.92 Å². The third kappa shape index (κ3) is 7.00. The molecular formula is C11H16Y-2. The van der Waals surface area contributed by atoms with E-state index in [4.69, 9.17) is 0 Å². The Morgan fingerprint density at radius 1 is 1.25 bits per heavy atom. The molecule has 0 heterocycles. The van der Waals surface area contributed by atoms with Gasteiger partial charge in [-0.25, -0.2) is 0 Å². The zero-order chi connectivity index (χ0) is 8.53. The Hall–Kier alpha value is 0.324. The molecule has 0 aliphatic carbocycles. The van der Waals surface area contributed by atoms with E-state index in [-0.39, 0.29) is 32.7 Å². The fourth-order valence-electron chi connectivity index (χ4n) is 0.877. The van der Waals surface area contributed by atoms with Crippen LogP contribution in [0.3, 0.4) is 0 Å². The van der Waals surface area contributed by atoms with Crippen LogP contribution in [0.2, 0.25) is 0 Å². The predicted molar refractivity (Wildman–Crippen MR) is 50.3 cm³/mol. The van der Waals surface area contributed by atoms with Crippen molar-refractivity contribution in [2.75, 3.05) is 0 Å². The average Bonchev–Trinajstić information content (AvgIpc) is 2.11. The molecule has 0 nitrogen and oxygen atoms in total. The van der Waals surface area contributed by atoms with Crippen LogP contribution < -0.4 is 0 Å². The van der Waals surface area contributed by atoms with Crippen molar-refractivity contribution < 1.29 is 32.7 Å². The summed E-state index contributed by atoms with van der Waals surface area (Å²) in [5.41, 5.74) is 1.41. The van der Waals surface area contributed by atoms with Gasteiger partial charge >= 0.3 is 0 Å². The van der Waals surface area contributed by atoms with Crippen LogP contribution in [-0.2, 0) is 39.1 Å². The van der Waals surface area contributed by atoms with E-state index in [1.807, 2.05) is 12.1 Å². The standard InChI is InChI=1S/C9H11.C2H5.Y/c1-2-6-9-7-4-3-5-8-9;1-2;/h4-5,7-8H,2,6H2,1H3;1H2,2H3;/q2*-1;. The second kappa shape index (κ2) is 11.3. The molecule has 0 aromatic heterocycles. The second-order valence-electron chi connectivity index (χ2n) is 2.16. The Balaban J connectivity index is 0. The molecule has 1 rings (SSSR count). The summed E-state index contributed by atoms with van der Waals surface area (Å²) in [5, 5.41) is 0. The summed E-state index contributed by atoms with van der Waals surface area (Å²) in [7, 11) is 0. The fourth-order valence-corrected chi connectivity index (χ4v) is 0.877. The second-order valence-corrected chi connectivity index (χ2v) is 2.16. The van der Waals surface area contributed by atoms with Crippen molar-refractivity contribution >= 4 is 0 Å². The molecule has 0 N–H and O–H groups in total. The van der Waals surface area contributed by atoms with Gasteiger partial charge in [0.2, 0.25) is 0 Å². The van der Waals surface area contributed by atoms with E-state index in [0.29, 0.717) is 0 Å². The van der Waals surface area contributed by atoms with Crippen LogP contribution in [0.1, 0.15) is 25.8 Å². The summed E-state index contributed by atoms with van der Waals surface area (Å²) in [6.07, 6.45) is 2.42. The number of hydrogen-bond donors (Lipinski definition) is 0. The largest absolute Gasteiger partial charge is 0.346 e. The summed E-state index contributed by atoms with van der Waals surface area (Å²) < 4.78 is 0. The first kappa shape index (κ1) is 14.8. The van der Waals surface area contributed by atoms with E-state index in [1.54, 1.807) is 6.92 Å². The molecule has 1 heteroatoms. The molecule has 1 aromatic carbocycles. The van der Waals surface area contributed by atoms with Gasteiger partial charge in [-0.1, -0.05) is 19.8 Å². The average molecular weight is 237 g/mol. The van der Waals surface area contributed by atoms with Gasteiger partial charge in [0.05, 0.1) is 0 Å². The third-order valence-electron chi connectivity index (χ3n) is 1.33. The SMILES string of the molecule is CCCc1cc[c-]cc1.[CH2-]C.[Y]. The summed E-state index contributed by atoms with van der Waals surface area (Å²) >= 11 is 0. The number of hydrogen-bond acceptors (Lipinski definition) is 0. The van der Waals surface area contributed by atoms with E-state index in [9.17, 15) is 0 Å². The maximum Gasteiger partial charge on any atom is 0 e. The molecule has 0 aliphatic heterocycles. The molecule has 0 aliphatic rings. The van der Waals surface area contributed by atoms with Gasteiger partial charge in [-0.2, -0.15) is 42.8 Å². The van der Waals surface area contributed by atoms with Gasteiger partial charge in [0, 0.05) is 32.7 Å². The Labute approximate surface area is 102 Å². The minimum Gasteiger partial charge on any atom is -0.346 e. The van der Waals surface area contributed by atoms with Crippen molar-refractivity contribution in [3.8, 4) is 0 Å². The minimum atomic E-state index is 0. The first-order chi connectivity index (χ1) is 5.43. The zero-order valence-corrected chi connectivity index (χ0v) is 10.8. The van der Waals surface area contributed by atoms with Gasteiger partial charge in [0.1, 0.15) is 0 Å². The van der Waals surface area contributed by atoms with Gasteiger partial charge in [-0.3, -0.25) is 0 Å². The van der Waals surface area contributed by atoms with E-state index >= 15 is 0 Å². The van der Waals surface area contributed by atoms with Crippen molar-refractivity contribution in [3.63, 3.8) is 0 Å². The third-order valence-corrected chi connectivity index (χ3v) is 1.33. The molecule has 0 amide bonds. The van der Waals surface area contributed by atoms with Crippen molar-refractivity contribution in [2.24, 2.45) is 0 Å². The number of benzene rings is 1. The topological polar surface area (TPSA) is 0 Å². The Bertz CT molecular complexity index is 158. The molecule has 1 aromatic rings. The van der Waals surface area contributed by atoms with Gasteiger partial charge in [-0.05, 0) is 0 Å². The maximum atomic E-state index is 3.25. The molecule has 0 spiro atoms. The summed E-state index contributed by atoms with van der Waals surface area (Å²) in [5.74, 6) is 0. The number of rotatable bonds is 2. The molecule has 0 saturated carbocycles. The summed E-state index contributed by atoms with van der Waals surface area (Å²) in [6, 6.07) is 11.1. The predicted octanol–water partition coefficient (Wildman–Crippen LogP) is 3.28. The quantitative estimate of drug-likeness (QED) is 0.692. The molecule has 0 fully saturated rings. The smallest absolute Gasteiger partial charge is 0 e. The Morgan fingerprint density at radius 3 is 2.17 bits per heavy atom. The normalized spacial score (nSPS) is 7.58. The van der Waals surface area contributed by atoms with Crippen molar-refractivity contribution in [1.82, 2.24) is 0 Å². The van der Waals surface area contributed by atoms with E-state index < -0.39 is 0 Å². The molecule has 0 bridgehead atoms. The van der Waals surface area contributed by atoms with Crippen LogP contribution in [0.25, 0.3) is 0 Å². The van der Waals surface area contributed by atoms with Crippen molar-refractivity contribution in [2.45, 2.75) is 26.7 Å². The van der Waals surface area contributed by atoms with Crippen molar-refractivity contribution in [3.05, 3.63) is 42.8 Å². The molecule has 12 heavy (non-hydrogen) atoms.